The molecule has 0 bridgehead atoms. The van der Waals surface area contributed by atoms with Crippen LogP contribution in [0.25, 0.3) is 0 Å². The van der Waals surface area contributed by atoms with Crippen molar-refractivity contribution in [2.45, 2.75) is 24.3 Å². The Morgan fingerprint density at radius 1 is 1.19 bits per heavy atom. The highest BCUT2D eigenvalue weighted by Crippen LogP contribution is 2.20. The molecule has 0 spiro atoms. The number of benzene rings is 1. The van der Waals surface area contributed by atoms with Crippen LogP contribution in [0.3, 0.4) is 0 Å². The molecule has 1 fully saturated rings. The van der Waals surface area contributed by atoms with E-state index in [0.717, 1.165) is 6.07 Å². The van der Waals surface area contributed by atoms with Crippen molar-refractivity contribution in [2.75, 3.05) is 32.7 Å². The zero-order chi connectivity index (χ0) is 15.7. The van der Waals surface area contributed by atoms with Crippen LogP contribution in [0.2, 0.25) is 0 Å². The number of nitrogens with zero attached hydrogens (tertiary/aromatic N) is 2. The fourth-order valence-corrected chi connectivity index (χ4v) is 3.96. The van der Waals surface area contributed by atoms with Gasteiger partial charge in [-0.15, -0.1) is 0 Å². The molecule has 0 aromatic heterocycles. The minimum absolute atomic E-state index is 0.277. The Bertz CT molecular complexity index is 590. The number of sulfonamides is 1. The fourth-order valence-electron chi connectivity index (χ4n) is 2.47. The molecular formula is C14H21FN2O3S. The van der Waals surface area contributed by atoms with Gasteiger partial charge in [-0.05, 0) is 26.0 Å². The van der Waals surface area contributed by atoms with Gasteiger partial charge in [-0.2, -0.15) is 4.31 Å². The van der Waals surface area contributed by atoms with Crippen molar-refractivity contribution in [3.63, 3.8) is 0 Å². The predicted molar refractivity (Wildman–Crippen MR) is 77.9 cm³/mol. The number of hydrogen-bond donors (Lipinski definition) is 1. The summed E-state index contributed by atoms with van der Waals surface area (Å²) >= 11 is 0. The second kappa shape index (κ2) is 6.00. The van der Waals surface area contributed by atoms with Crippen molar-refractivity contribution in [1.29, 1.82) is 0 Å². The van der Waals surface area contributed by atoms with Crippen molar-refractivity contribution < 1.29 is 17.9 Å². The van der Waals surface area contributed by atoms with Gasteiger partial charge < -0.3 is 5.11 Å². The second-order valence-electron chi connectivity index (χ2n) is 5.92. The number of rotatable bonds is 4. The molecule has 7 heteroatoms. The Kier molecular flexibility index (Phi) is 4.67. The molecule has 0 atom stereocenters. The maximum Gasteiger partial charge on any atom is 0.246 e. The first kappa shape index (κ1) is 16.4. The first-order valence-electron chi connectivity index (χ1n) is 6.89. The third kappa shape index (κ3) is 4.00. The number of piperazine rings is 1. The van der Waals surface area contributed by atoms with E-state index in [2.05, 4.69) is 0 Å². The van der Waals surface area contributed by atoms with Crippen molar-refractivity contribution in [2.24, 2.45) is 0 Å². The zero-order valence-corrected chi connectivity index (χ0v) is 13.1. The van der Waals surface area contributed by atoms with Crippen LogP contribution in [0.4, 0.5) is 4.39 Å². The molecule has 1 heterocycles. The quantitative estimate of drug-likeness (QED) is 0.897. The SMILES string of the molecule is CC(C)(O)CN1CCN(S(=O)(=O)c2ccccc2F)CC1. The predicted octanol–water partition coefficient (Wildman–Crippen LogP) is 0.903. The van der Waals surface area contributed by atoms with Crippen molar-refractivity contribution in [3.05, 3.63) is 30.1 Å². The number of hydrogen-bond acceptors (Lipinski definition) is 4. The molecule has 1 aliphatic heterocycles. The van der Waals surface area contributed by atoms with E-state index in [1.807, 2.05) is 4.90 Å². The average molecular weight is 316 g/mol. The smallest absolute Gasteiger partial charge is 0.246 e. The third-order valence-corrected chi connectivity index (χ3v) is 5.33. The molecule has 0 unspecified atom stereocenters. The molecule has 1 saturated heterocycles. The Morgan fingerprint density at radius 3 is 2.29 bits per heavy atom. The van der Waals surface area contributed by atoms with E-state index in [1.165, 1.54) is 22.5 Å². The van der Waals surface area contributed by atoms with E-state index in [-0.39, 0.29) is 4.90 Å². The van der Waals surface area contributed by atoms with E-state index in [1.54, 1.807) is 13.8 Å². The standard InChI is InChI=1S/C14H21FN2O3S/c1-14(2,18)11-16-7-9-17(10-8-16)21(19,20)13-6-4-3-5-12(13)15/h3-6,18H,7-11H2,1-2H3. The summed E-state index contributed by atoms with van der Waals surface area (Å²) in [6.07, 6.45) is 0. The van der Waals surface area contributed by atoms with E-state index in [4.69, 9.17) is 0 Å². The van der Waals surface area contributed by atoms with Gasteiger partial charge in [0.15, 0.2) is 0 Å². The molecule has 1 aromatic carbocycles. The van der Waals surface area contributed by atoms with Gasteiger partial charge in [0.05, 0.1) is 5.60 Å². The third-order valence-electron chi connectivity index (χ3n) is 3.40. The van der Waals surface area contributed by atoms with Gasteiger partial charge >= 0.3 is 0 Å². The molecule has 5 nitrogen and oxygen atoms in total. The van der Waals surface area contributed by atoms with Crippen molar-refractivity contribution >= 4 is 10.0 Å². The van der Waals surface area contributed by atoms with Crippen LogP contribution in [0, 0.1) is 5.82 Å². The Morgan fingerprint density at radius 2 is 1.76 bits per heavy atom. The van der Waals surface area contributed by atoms with Crippen molar-refractivity contribution in [1.82, 2.24) is 9.21 Å². The summed E-state index contributed by atoms with van der Waals surface area (Å²) < 4.78 is 39.8. The largest absolute Gasteiger partial charge is 0.389 e. The van der Waals surface area contributed by atoms with Crippen molar-refractivity contribution in [3.8, 4) is 0 Å². The topological polar surface area (TPSA) is 60.9 Å². The highest BCUT2D eigenvalue weighted by Gasteiger charge is 2.31. The van der Waals surface area contributed by atoms with Gasteiger partial charge in [0.1, 0.15) is 10.7 Å². The number of aliphatic hydroxyl groups is 1. The summed E-state index contributed by atoms with van der Waals surface area (Å²) in [6, 6.07) is 5.42. The lowest BCUT2D eigenvalue weighted by Gasteiger charge is -2.36. The fraction of sp³-hybridized carbons (Fsp3) is 0.571. The highest BCUT2D eigenvalue weighted by molar-refractivity contribution is 7.89. The van der Waals surface area contributed by atoms with Gasteiger partial charge in [0.2, 0.25) is 10.0 Å². The molecule has 1 aliphatic rings. The molecule has 0 aliphatic carbocycles. The summed E-state index contributed by atoms with van der Waals surface area (Å²) in [4.78, 5) is 1.73. The van der Waals surface area contributed by atoms with Gasteiger partial charge in [0, 0.05) is 32.7 Å². The molecule has 0 radical (unpaired) electrons. The molecule has 118 valence electrons. The van der Waals surface area contributed by atoms with Crippen LogP contribution in [-0.4, -0.2) is 61.1 Å². The summed E-state index contributed by atoms with van der Waals surface area (Å²) in [5.41, 5.74) is -0.813. The van der Waals surface area contributed by atoms with Gasteiger partial charge in [0.25, 0.3) is 0 Å². The van der Waals surface area contributed by atoms with Crippen LogP contribution in [0.5, 0.6) is 0 Å². The van der Waals surface area contributed by atoms with Gasteiger partial charge in [-0.1, -0.05) is 12.1 Å². The lowest BCUT2D eigenvalue weighted by atomic mass is 10.1. The minimum atomic E-state index is -3.79. The molecule has 0 amide bonds. The number of β-amino-alcohol motifs (C(OH)–C–C–N with tert-alkyl or cyclic N) is 1. The second-order valence-corrected chi connectivity index (χ2v) is 7.83. The molecule has 21 heavy (non-hydrogen) atoms. The Balaban J connectivity index is 2.07. The maximum absolute atomic E-state index is 13.7. The van der Waals surface area contributed by atoms with Crippen LogP contribution in [0.1, 0.15) is 13.8 Å². The molecular weight excluding hydrogens is 295 g/mol. The van der Waals surface area contributed by atoms with Crippen LogP contribution >= 0.6 is 0 Å². The van der Waals surface area contributed by atoms with E-state index in [9.17, 15) is 17.9 Å². The van der Waals surface area contributed by atoms with Crippen LogP contribution in [0.15, 0.2) is 29.2 Å². The van der Waals surface area contributed by atoms with Gasteiger partial charge in [-0.25, -0.2) is 12.8 Å². The minimum Gasteiger partial charge on any atom is -0.389 e. The first-order valence-corrected chi connectivity index (χ1v) is 8.33. The zero-order valence-electron chi connectivity index (χ0n) is 12.3. The monoisotopic (exact) mass is 316 g/mol. The summed E-state index contributed by atoms with van der Waals surface area (Å²) in [7, 11) is -3.79. The first-order chi connectivity index (χ1) is 9.70. The van der Waals surface area contributed by atoms with Gasteiger partial charge in [-0.3, -0.25) is 4.90 Å². The Hall–Kier alpha value is -1.02. The lowest BCUT2D eigenvalue weighted by Crippen LogP contribution is -2.51. The summed E-state index contributed by atoms with van der Waals surface area (Å²) in [6.45, 7) is 5.57. The normalized spacial score (nSPS) is 18.9. The maximum atomic E-state index is 13.7. The van der Waals surface area contributed by atoms with Crippen LogP contribution < -0.4 is 0 Å². The summed E-state index contributed by atoms with van der Waals surface area (Å²) in [5.74, 6) is -0.726. The average Bonchev–Trinajstić information content (AvgIpc) is 2.37. The molecule has 0 saturated carbocycles. The van der Waals surface area contributed by atoms with Crippen LogP contribution in [-0.2, 0) is 10.0 Å². The van der Waals surface area contributed by atoms with E-state index in [0.29, 0.717) is 32.7 Å². The lowest BCUT2D eigenvalue weighted by molar-refractivity contribution is 0.0263. The molecule has 1 aromatic rings. The molecule has 2 rings (SSSR count). The highest BCUT2D eigenvalue weighted by atomic mass is 32.2. The Labute approximate surface area is 125 Å². The van der Waals surface area contributed by atoms with E-state index >= 15 is 0 Å². The molecule has 1 N–H and O–H groups in total. The van der Waals surface area contributed by atoms with E-state index < -0.39 is 21.4 Å². The summed E-state index contributed by atoms with van der Waals surface area (Å²) in [5, 5.41) is 9.79. The number of halogens is 1.